The second kappa shape index (κ2) is 15.0. The highest BCUT2D eigenvalue weighted by atomic mass is 28.4. The van der Waals surface area contributed by atoms with Crippen LogP contribution >= 0.6 is 0 Å². The molecular weight excluding hydrogens is 410 g/mol. The number of carboxylic acid groups (broad SMARTS) is 1. The summed E-state index contributed by atoms with van der Waals surface area (Å²) in [5.74, 6) is -1.10. The number of carbonyl (C=O) groups excluding carboxylic acids is 1. The minimum absolute atomic E-state index is 0.0937. The highest BCUT2D eigenvalue weighted by molar-refractivity contribution is 6.73. The molecule has 7 heteroatoms. The third kappa shape index (κ3) is 10.3. The van der Waals surface area contributed by atoms with Gasteiger partial charge in [-0.05, 0) is 30.6 Å². The smallest absolute Gasteiger partial charge is 0.408 e. The van der Waals surface area contributed by atoms with Gasteiger partial charge in [-0.1, -0.05) is 89.6 Å². The SMILES string of the molecule is CCCC[Si](CCCC)(CCCC)O[C@H](C)[C@H](NC(=O)OCc1ccccc1)C(=O)O. The summed E-state index contributed by atoms with van der Waals surface area (Å²) >= 11 is 0. The van der Waals surface area contributed by atoms with Gasteiger partial charge < -0.3 is 19.6 Å². The van der Waals surface area contributed by atoms with Gasteiger partial charge in [0, 0.05) is 0 Å². The predicted octanol–water partition coefficient (Wildman–Crippen LogP) is 6.12. The molecule has 0 saturated heterocycles. The first-order valence-corrected chi connectivity index (χ1v) is 14.3. The molecule has 0 aromatic heterocycles. The highest BCUT2D eigenvalue weighted by Gasteiger charge is 2.39. The zero-order chi connectivity index (χ0) is 23.1. The number of nitrogens with one attached hydrogen (secondary N) is 1. The van der Waals surface area contributed by atoms with E-state index >= 15 is 0 Å². The zero-order valence-corrected chi connectivity index (χ0v) is 20.7. The van der Waals surface area contributed by atoms with Crippen molar-refractivity contribution in [2.45, 2.75) is 103 Å². The van der Waals surface area contributed by atoms with Gasteiger partial charge >= 0.3 is 12.1 Å². The first-order valence-electron chi connectivity index (χ1n) is 11.7. The Kier molecular flexibility index (Phi) is 13.2. The molecule has 31 heavy (non-hydrogen) atoms. The van der Waals surface area contributed by atoms with E-state index in [9.17, 15) is 14.7 Å². The Morgan fingerprint density at radius 3 is 1.94 bits per heavy atom. The van der Waals surface area contributed by atoms with Gasteiger partial charge in [-0.2, -0.15) is 0 Å². The Hall–Kier alpha value is -1.86. The number of hydrogen-bond acceptors (Lipinski definition) is 4. The fourth-order valence-electron chi connectivity index (χ4n) is 3.78. The monoisotopic (exact) mass is 451 g/mol. The van der Waals surface area contributed by atoms with Crippen LogP contribution in [-0.2, 0) is 20.6 Å². The molecule has 1 aromatic carbocycles. The van der Waals surface area contributed by atoms with Crippen molar-refractivity contribution in [2.24, 2.45) is 0 Å². The average Bonchev–Trinajstić information content (AvgIpc) is 2.77. The van der Waals surface area contributed by atoms with E-state index in [0.717, 1.165) is 62.2 Å². The predicted molar refractivity (Wildman–Crippen MR) is 127 cm³/mol. The largest absolute Gasteiger partial charge is 0.480 e. The van der Waals surface area contributed by atoms with Crippen molar-refractivity contribution >= 4 is 20.4 Å². The van der Waals surface area contributed by atoms with Crippen molar-refractivity contribution in [1.82, 2.24) is 5.32 Å². The molecule has 0 heterocycles. The lowest BCUT2D eigenvalue weighted by molar-refractivity contribution is -0.141. The molecular formula is C24H41NO5Si. The summed E-state index contributed by atoms with van der Waals surface area (Å²) in [4.78, 5) is 24.2. The molecule has 0 aliphatic heterocycles. The number of carboxylic acids is 1. The molecule has 0 fully saturated rings. The van der Waals surface area contributed by atoms with Gasteiger partial charge in [-0.15, -0.1) is 0 Å². The number of unbranched alkanes of at least 4 members (excludes halogenated alkanes) is 3. The first-order chi connectivity index (χ1) is 14.9. The van der Waals surface area contributed by atoms with Crippen LogP contribution in [-0.4, -0.2) is 37.6 Å². The quantitative estimate of drug-likeness (QED) is 0.296. The van der Waals surface area contributed by atoms with Crippen molar-refractivity contribution in [1.29, 1.82) is 0 Å². The molecule has 176 valence electrons. The van der Waals surface area contributed by atoms with Crippen LogP contribution in [0.2, 0.25) is 18.1 Å². The molecule has 0 radical (unpaired) electrons. The maximum absolute atomic E-state index is 12.3. The molecule has 0 saturated carbocycles. The summed E-state index contributed by atoms with van der Waals surface area (Å²) in [6.45, 7) is 8.38. The van der Waals surface area contributed by atoms with E-state index in [2.05, 4.69) is 26.1 Å². The molecule has 0 spiro atoms. The van der Waals surface area contributed by atoms with Crippen LogP contribution in [0.4, 0.5) is 4.79 Å². The van der Waals surface area contributed by atoms with Crippen LogP contribution in [0.5, 0.6) is 0 Å². The average molecular weight is 452 g/mol. The van der Waals surface area contributed by atoms with Crippen LogP contribution in [0.25, 0.3) is 0 Å². The van der Waals surface area contributed by atoms with Gasteiger partial charge in [-0.25, -0.2) is 9.59 Å². The Labute approximate surface area is 188 Å². The lowest BCUT2D eigenvalue weighted by atomic mass is 10.2. The number of benzene rings is 1. The fourth-order valence-corrected chi connectivity index (χ4v) is 8.80. The summed E-state index contributed by atoms with van der Waals surface area (Å²) in [7, 11) is -2.11. The van der Waals surface area contributed by atoms with Crippen molar-refractivity contribution in [3.8, 4) is 0 Å². The standard InChI is InChI=1S/C24H41NO5Si/c1-5-8-16-31(17-9-6-2,18-10-7-3)30-20(4)22(23(26)27)25-24(28)29-19-21-14-12-11-13-15-21/h11-15,20,22H,5-10,16-19H2,1-4H3,(H,25,28)(H,26,27)/t20-,22+/m1/s1. The summed E-state index contributed by atoms with van der Waals surface area (Å²) in [5, 5.41) is 12.3. The summed E-state index contributed by atoms with van der Waals surface area (Å²) in [6, 6.07) is 11.3. The van der Waals surface area contributed by atoms with Gasteiger partial charge in [0.15, 0.2) is 14.4 Å². The van der Waals surface area contributed by atoms with E-state index in [0.29, 0.717) is 0 Å². The highest BCUT2D eigenvalue weighted by Crippen LogP contribution is 2.31. The molecule has 0 bridgehead atoms. The Morgan fingerprint density at radius 1 is 0.968 bits per heavy atom. The first kappa shape index (κ1) is 27.2. The number of amides is 1. The number of hydrogen-bond donors (Lipinski definition) is 2. The molecule has 0 unspecified atom stereocenters. The Morgan fingerprint density at radius 2 is 1.48 bits per heavy atom. The van der Waals surface area contributed by atoms with Crippen molar-refractivity contribution in [3.63, 3.8) is 0 Å². The van der Waals surface area contributed by atoms with E-state index in [1.165, 1.54) is 0 Å². The van der Waals surface area contributed by atoms with Crippen LogP contribution in [0.3, 0.4) is 0 Å². The van der Waals surface area contributed by atoms with Crippen molar-refractivity contribution in [2.75, 3.05) is 0 Å². The minimum Gasteiger partial charge on any atom is -0.480 e. The Balaban J connectivity index is 2.84. The number of ether oxygens (including phenoxy) is 1. The second-order valence-electron chi connectivity index (χ2n) is 8.34. The minimum atomic E-state index is -2.11. The van der Waals surface area contributed by atoms with Crippen molar-refractivity contribution < 1.29 is 23.9 Å². The lowest BCUT2D eigenvalue weighted by Crippen LogP contribution is -2.53. The molecule has 1 amide bonds. The van der Waals surface area contributed by atoms with Crippen molar-refractivity contribution in [3.05, 3.63) is 35.9 Å². The molecule has 0 aliphatic carbocycles. The van der Waals surface area contributed by atoms with E-state index in [4.69, 9.17) is 9.16 Å². The number of rotatable bonds is 16. The lowest BCUT2D eigenvalue weighted by Gasteiger charge is -2.36. The zero-order valence-electron chi connectivity index (χ0n) is 19.7. The molecule has 0 aliphatic rings. The maximum atomic E-state index is 12.3. The molecule has 2 N–H and O–H groups in total. The van der Waals surface area contributed by atoms with Gasteiger partial charge in [0.25, 0.3) is 0 Å². The summed E-state index contributed by atoms with van der Waals surface area (Å²) in [6.07, 6.45) is 5.21. The molecule has 1 rings (SSSR count). The number of aliphatic carboxylic acids is 1. The van der Waals surface area contributed by atoms with Gasteiger partial charge in [-0.3, -0.25) is 0 Å². The third-order valence-corrected chi connectivity index (χ3v) is 10.3. The van der Waals surface area contributed by atoms with Gasteiger partial charge in [0.05, 0.1) is 6.10 Å². The summed E-state index contributed by atoms with van der Waals surface area (Å²) in [5.41, 5.74) is 0.846. The fraction of sp³-hybridized carbons (Fsp3) is 0.667. The molecule has 2 atom stereocenters. The van der Waals surface area contributed by atoms with Crippen LogP contribution < -0.4 is 5.32 Å². The summed E-state index contributed by atoms with van der Waals surface area (Å²) < 4.78 is 11.8. The maximum Gasteiger partial charge on any atom is 0.408 e. The number of carbonyl (C=O) groups is 2. The van der Waals surface area contributed by atoms with E-state index < -0.39 is 32.5 Å². The topological polar surface area (TPSA) is 84.9 Å². The molecule has 1 aromatic rings. The van der Waals surface area contributed by atoms with E-state index in [1.54, 1.807) is 6.92 Å². The van der Waals surface area contributed by atoms with Gasteiger partial charge in [0.1, 0.15) is 6.61 Å². The third-order valence-electron chi connectivity index (χ3n) is 5.62. The van der Waals surface area contributed by atoms with E-state index in [-0.39, 0.29) is 6.61 Å². The number of alkyl carbamates (subject to hydrolysis) is 1. The van der Waals surface area contributed by atoms with Gasteiger partial charge in [0.2, 0.25) is 0 Å². The normalized spacial score (nSPS) is 13.4. The van der Waals surface area contributed by atoms with Crippen LogP contribution in [0, 0.1) is 0 Å². The second-order valence-corrected chi connectivity index (χ2v) is 12.4. The van der Waals surface area contributed by atoms with Crippen LogP contribution in [0.15, 0.2) is 30.3 Å². The van der Waals surface area contributed by atoms with E-state index in [1.807, 2.05) is 30.3 Å². The molecule has 6 nitrogen and oxygen atoms in total. The Bertz CT molecular complexity index is 618. The van der Waals surface area contributed by atoms with Crippen LogP contribution in [0.1, 0.15) is 71.8 Å².